The van der Waals surface area contributed by atoms with Crippen LogP contribution in [-0.2, 0) is 0 Å². The van der Waals surface area contributed by atoms with Gasteiger partial charge in [0.2, 0.25) is 5.88 Å². The van der Waals surface area contributed by atoms with E-state index in [0.29, 0.717) is 47.2 Å². The minimum Gasteiger partial charge on any atom is -0.472 e. The maximum atomic E-state index is 16.9. The molecule has 0 radical (unpaired) electrons. The summed E-state index contributed by atoms with van der Waals surface area (Å²) in [5.74, 6) is -2.49. The van der Waals surface area contributed by atoms with Crippen LogP contribution in [0.15, 0.2) is 30.3 Å². The van der Waals surface area contributed by atoms with Gasteiger partial charge in [0.1, 0.15) is 40.9 Å². The van der Waals surface area contributed by atoms with E-state index in [-0.39, 0.29) is 72.7 Å². The van der Waals surface area contributed by atoms with Gasteiger partial charge in [0.15, 0.2) is 5.82 Å². The molecule has 0 amide bonds. The Morgan fingerprint density at radius 1 is 1.16 bits per heavy atom. The number of piperazine rings is 1. The molecule has 2 bridgehead atoms. The Morgan fingerprint density at radius 2 is 2.02 bits per heavy atom. The summed E-state index contributed by atoms with van der Waals surface area (Å²) >= 11 is 0. The van der Waals surface area contributed by atoms with E-state index in [1.165, 1.54) is 0 Å². The number of benzene rings is 1. The van der Waals surface area contributed by atoms with Crippen molar-refractivity contribution < 1.29 is 22.6 Å². The molecule has 0 aliphatic carbocycles. The Hall–Kier alpha value is -3.97. The summed E-state index contributed by atoms with van der Waals surface area (Å²) in [7, 11) is 0. The second-order valence-electron chi connectivity index (χ2n) is 13.0. The van der Waals surface area contributed by atoms with Crippen LogP contribution in [-0.4, -0.2) is 86.8 Å². The molecular weight excluding hydrogens is 573 g/mol. The average molecular weight is 605 g/mol. The summed E-state index contributed by atoms with van der Waals surface area (Å²) < 4.78 is 58.2. The molecule has 4 aromatic rings. The van der Waals surface area contributed by atoms with Gasteiger partial charge in [-0.25, -0.2) is 23.1 Å². The fraction of sp³-hybridized carbons (Fsp3) is 0.484. The zero-order valence-electron chi connectivity index (χ0n) is 24.1. The third-order valence-electron chi connectivity index (χ3n) is 10.2. The molecule has 228 valence electrons. The zero-order chi connectivity index (χ0) is 30.0. The second-order valence-corrected chi connectivity index (χ2v) is 13.0. The maximum absolute atomic E-state index is 16.9. The van der Waals surface area contributed by atoms with Crippen LogP contribution in [0, 0.1) is 5.82 Å². The van der Waals surface area contributed by atoms with Gasteiger partial charge in [-0.2, -0.15) is 9.97 Å². The lowest BCUT2D eigenvalue weighted by atomic mass is 9.85. The minimum absolute atomic E-state index is 0.00270. The van der Waals surface area contributed by atoms with Gasteiger partial charge in [0.05, 0.1) is 23.6 Å². The summed E-state index contributed by atoms with van der Waals surface area (Å²) in [6.45, 7) is 2.96. The van der Waals surface area contributed by atoms with Gasteiger partial charge < -0.3 is 25.4 Å². The van der Waals surface area contributed by atoms with Crippen LogP contribution in [0.5, 0.6) is 11.9 Å². The highest BCUT2D eigenvalue weighted by Crippen LogP contribution is 2.48. The van der Waals surface area contributed by atoms with Gasteiger partial charge in [-0.3, -0.25) is 4.90 Å². The first-order valence-corrected chi connectivity index (χ1v) is 15.2. The Labute approximate surface area is 250 Å². The van der Waals surface area contributed by atoms with Crippen LogP contribution in [0.2, 0.25) is 0 Å². The molecule has 4 saturated heterocycles. The molecule has 5 aliphatic heterocycles. The van der Waals surface area contributed by atoms with Crippen molar-refractivity contribution in [1.82, 2.24) is 30.2 Å². The average Bonchev–Trinajstić information content (AvgIpc) is 3.41. The number of nitrogen functional groups attached to an aromatic ring is 1. The molecule has 1 aromatic carbocycles. The number of anilines is 2. The highest BCUT2D eigenvalue weighted by molar-refractivity contribution is 6.01. The van der Waals surface area contributed by atoms with E-state index in [0.717, 1.165) is 12.8 Å². The van der Waals surface area contributed by atoms with E-state index in [1.807, 2.05) is 31.2 Å². The largest absolute Gasteiger partial charge is 0.472 e. The van der Waals surface area contributed by atoms with Crippen LogP contribution in [0.3, 0.4) is 0 Å². The van der Waals surface area contributed by atoms with Gasteiger partial charge in [0.25, 0.3) is 5.92 Å². The van der Waals surface area contributed by atoms with Crippen LogP contribution in [0.1, 0.15) is 32.6 Å². The molecule has 0 saturated carbocycles. The van der Waals surface area contributed by atoms with Crippen molar-refractivity contribution >= 4 is 33.4 Å². The lowest BCUT2D eigenvalue weighted by molar-refractivity contribution is -0.0132. The van der Waals surface area contributed by atoms with Crippen molar-refractivity contribution in [3.63, 3.8) is 0 Å². The Balaban J connectivity index is 1.23. The van der Waals surface area contributed by atoms with E-state index in [1.54, 1.807) is 11.0 Å². The number of nitrogens with two attached hydrogens (primary N) is 1. The van der Waals surface area contributed by atoms with Crippen LogP contribution >= 0.6 is 0 Å². The lowest BCUT2D eigenvalue weighted by Gasteiger charge is -2.46. The molecule has 9 rings (SSSR count). The van der Waals surface area contributed by atoms with E-state index in [9.17, 15) is 8.78 Å². The fourth-order valence-electron chi connectivity index (χ4n) is 8.19. The number of rotatable bonds is 4. The number of hydrogen-bond donors (Lipinski definition) is 2. The van der Waals surface area contributed by atoms with Crippen LogP contribution < -0.4 is 25.4 Å². The smallest absolute Gasteiger partial charge is 0.319 e. The summed E-state index contributed by atoms with van der Waals surface area (Å²) in [6.07, 6.45) is 2.01. The fourth-order valence-corrected chi connectivity index (χ4v) is 8.19. The number of para-hydroxylation sites is 1. The number of nitrogens with zero attached hydrogens (tertiary/aromatic N) is 6. The van der Waals surface area contributed by atoms with E-state index in [4.69, 9.17) is 25.2 Å². The molecule has 13 heteroatoms. The molecule has 44 heavy (non-hydrogen) atoms. The first kappa shape index (κ1) is 26.4. The van der Waals surface area contributed by atoms with E-state index < -0.39 is 17.3 Å². The Morgan fingerprint density at radius 3 is 2.84 bits per heavy atom. The van der Waals surface area contributed by atoms with E-state index in [2.05, 4.69) is 20.2 Å². The summed E-state index contributed by atoms with van der Waals surface area (Å²) in [5.41, 5.74) is 6.48. The van der Waals surface area contributed by atoms with Crippen molar-refractivity contribution in [2.45, 2.75) is 68.3 Å². The van der Waals surface area contributed by atoms with Crippen molar-refractivity contribution in [1.29, 1.82) is 0 Å². The van der Waals surface area contributed by atoms with Gasteiger partial charge in [0, 0.05) is 42.5 Å². The number of ether oxygens (including phenoxy) is 2. The number of fused-ring (bicyclic) bond motifs is 7. The normalized spacial score (nSPS) is 30.0. The molecule has 3 N–H and O–H groups in total. The predicted octanol–water partition coefficient (Wildman–Crippen LogP) is 3.91. The molecule has 5 atom stereocenters. The SMILES string of the molecule is C[C@@H]1Oc2nc(-c3cc(N)nc4ccccc34)c(F)c3nc(OC[C@]45CCN4CC(F)(F)C5)nc(c23)N2C[C@H]3CC[C@H](N3)[C@@H]12. The molecule has 4 fully saturated rings. The second kappa shape index (κ2) is 9.04. The van der Waals surface area contributed by atoms with Crippen molar-refractivity contribution in [3.8, 4) is 23.1 Å². The first-order chi connectivity index (χ1) is 21.2. The highest BCUT2D eigenvalue weighted by atomic mass is 19.3. The number of alkyl halides is 2. The standard InChI is InChI=1S/C31H31F3N8O2/c1-15-26-20-7-6-16(36-20)11-42(26)27-22-25(39-29(40-27)43-14-30-8-9-41(30)13-31(33,34)12-30)23(32)24(38-28(22)44-15)18-10-21(35)37-19-5-3-2-4-17(18)19/h2-5,10,15-16,20,26,36H,6-9,11-14H2,1H3,(H2,35,37)/t15-,16+,20-,26+,30+/m0/s1. The number of aromatic nitrogens is 4. The summed E-state index contributed by atoms with van der Waals surface area (Å²) in [5, 5.41) is 4.75. The van der Waals surface area contributed by atoms with Gasteiger partial charge >= 0.3 is 6.01 Å². The highest BCUT2D eigenvalue weighted by Gasteiger charge is 2.60. The minimum atomic E-state index is -2.77. The number of nitrogens with one attached hydrogen (secondary N) is 1. The lowest BCUT2D eigenvalue weighted by Crippen LogP contribution is -2.62. The van der Waals surface area contributed by atoms with E-state index >= 15 is 4.39 Å². The molecule has 10 nitrogen and oxygen atoms in total. The third-order valence-corrected chi connectivity index (χ3v) is 10.2. The maximum Gasteiger partial charge on any atom is 0.319 e. The van der Waals surface area contributed by atoms with Gasteiger partial charge in [-0.1, -0.05) is 18.2 Å². The topological polar surface area (TPSA) is 115 Å². The number of pyridine rings is 2. The van der Waals surface area contributed by atoms with Crippen molar-refractivity contribution in [2.75, 3.05) is 36.9 Å². The Kier molecular flexibility index (Phi) is 5.43. The molecule has 8 heterocycles. The molecule has 0 spiro atoms. The molecule has 3 aromatic heterocycles. The van der Waals surface area contributed by atoms with Gasteiger partial charge in [-0.05, 0) is 38.3 Å². The molecule has 0 unspecified atom stereocenters. The summed E-state index contributed by atoms with van der Waals surface area (Å²) in [4.78, 5) is 22.5. The third kappa shape index (κ3) is 3.81. The zero-order valence-corrected chi connectivity index (χ0v) is 24.1. The predicted molar refractivity (Wildman–Crippen MR) is 158 cm³/mol. The molecule has 5 aliphatic rings. The molecular formula is C31H31F3N8O2. The number of halogens is 3. The van der Waals surface area contributed by atoms with Crippen LogP contribution in [0.4, 0.5) is 24.8 Å². The first-order valence-electron chi connectivity index (χ1n) is 15.2. The Bertz CT molecular complexity index is 1860. The number of hydrogen-bond acceptors (Lipinski definition) is 10. The van der Waals surface area contributed by atoms with Crippen molar-refractivity contribution in [3.05, 3.63) is 36.1 Å². The quantitative estimate of drug-likeness (QED) is 0.355. The van der Waals surface area contributed by atoms with Crippen LogP contribution in [0.25, 0.3) is 33.1 Å². The monoisotopic (exact) mass is 604 g/mol. The van der Waals surface area contributed by atoms with Gasteiger partial charge in [-0.15, -0.1) is 0 Å². The van der Waals surface area contributed by atoms with Crippen molar-refractivity contribution in [2.24, 2.45) is 0 Å². The summed E-state index contributed by atoms with van der Waals surface area (Å²) in [6, 6.07) is 9.20.